The monoisotopic (exact) mass is 461 g/mol. The molecule has 1 aromatic rings. The summed E-state index contributed by atoms with van der Waals surface area (Å²) in [6.45, 7) is 25.2. The lowest BCUT2D eigenvalue weighted by molar-refractivity contribution is 0.100. The quantitative estimate of drug-likeness (QED) is 0.395. The summed E-state index contributed by atoms with van der Waals surface area (Å²) >= 11 is 0. The van der Waals surface area contributed by atoms with Gasteiger partial charge in [0.1, 0.15) is 5.84 Å². The molecule has 0 atom stereocenters. The Kier molecular flexibility index (Phi) is 7.97. The minimum absolute atomic E-state index is 0.0260. The average molecular weight is 462 g/mol. The number of aliphatic imine (C=N–C) groups is 1. The lowest BCUT2D eigenvalue weighted by atomic mass is 9.66. The second-order valence-corrected chi connectivity index (χ2v) is 11.7. The number of amidine groups is 1. The fraction of sp³-hybridized carbons (Fsp3) is 0.581. The molecule has 1 fully saturated rings. The predicted molar refractivity (Wildman–Crippen MR) is 148 cm³/mol. The fourth-order valence-electron chi connectivity index (χ4n) is 5.94. The molecule has 3 rings (SSSR count). The largest absolute Gasteiger partial charge is 0.328 e. The SMILES string of the molecule is C=CC1=C(C)C(=C)N=C(CC2(c3cc(C)cc(C)c3)CCCCC2)N1CC(C)(C)N(C)C(C)C. The Balaban J connectivity index is 2.07. The number of hydrogen-bond acceptors (Lipinski definition) is 3. The second-order valence-electron chi connectivity index (χ2n) is 11.7. The van der Waals surface area contributed by atoms with Crippen molar-refractivity contribution in [1.29, 1.82) is 0 Å². The van der Waals surface area contributed by atoms with Crippen molar-refractivity contribution < 1.29 is 0 Å². The maximum Gasteiger partial charge on any atom is 0.110 e. The van der Waals surface area contributed by atoms with E-state index < -0.39 is 0 Å². The number of hydrogen-bond donors (Lipinski definition) is 0. The zero-order valence-electron chi connectivity index (χ0n) is 23.1. The van der Waals surface area contributed by atoms with Gasteiger partial charge in [-0.25, -0.2) is 4.99 Å². The molecule has 0 unspecified atom stereocenters. The molecule has 0 radical (unpaired) electrons. The molecule has 0 spiro atoms. The van der Waals surface area contributed by atoms with Crippen LogP contribution in [-0.4, -0.2) is 40.8 Å². The Morgan fingerprint density at radius 2 is 1.68 bits per heavy atom. The third-order valence-electron chi connectivity index (χ3n) is 8.29. The highest BCUT2D eigenvalue weighted by Crippen LogP contribution is 2.45. The Morgan fingerprint density at radius 3 is 2.21 bits per heavy atom. The standard InChI is InChI=1S/C31H47N3/c1-11-28-25(6)26(7)32-29(34(28)21-30(8,9)33(10)22(2)3)20-31(15-13-12-14-16-31)27-18-23(4)17-24(5)19-27/h11,17-19,22H,1,7,12-16,20-21H2,2-6,8-10H3. The second kappa shape index (κ2) is 10.2. The minimum atomic E-state index is -0.0260. The van der Waals surface area contributed by atoms with E-state index in [0.29, 0.717) is 6.04 Å². The van der Waals surface area contributed by atoms with E-state index in [0.717, 1.165) is 35.8 Å². The van der Waals surface area contributed by atoms with Crippen LogP contribution < -0.4 is 0 Å². The number of rotatable bonds is 8. The molecule has 1 aliphatic carbocycles. The predicted octanol–water partition coefficient (Wildman–Crippen LogP) is 7.70. The van der Waals surface area contributed by atoms with Crippen molar-refractivity contribution in [1.82, 2.24) is 9.80 Å². The van der Waals surface area contributed by atoms with Gasteiger partial charge >= 0.3 is 0 Å². The van der Waals surface area contributed by atoms with Crippen LogP contribution in [-0.2, 0) is 5.41 Å². The third kappa shape index (κ3) is 5.40. The summed E-state index contributed by atoms with van der Waals surface area (Å²) < 4.78 is 0. The van der Waals surface area contributed by atoms with Gasteiger partial charge in [0.05, 0.1) is 5.70 Å². The van der Waals surface area contributed by atoms with Crippen LogP contribution in [0.5, 0.6) is 0 Å². The Hall–Kier alpha value is -2.13. The number of allylic oxidation sites excluding steroid dienone is 2. The van der Waals surface area contributed by atoms with Gasteiger partial charge in [-0.2, -0.15) is 0 Å². The first kappa shape index (κ1) is 26.5. The van der Waals surface area contributed by atoms with E-state index in [9.17, 15) is 0 Å². The van der Waals surface area contributed by atoms with E-state index in [4.69, 9.17) is 4.99 Å². The molecule has 0 bridgehead atoms. The lowest BCUT2D eigenvalue weighted by Gasteiger charge is -2.46. The van der Waals surface area contributed by atoms with Gasteiger partial charge in [0.25, 0.3) is 0 Å². The molecule has 1 heterocycles. The van der Waals surface area contributed by atoms with E-state index >= 15 is 0 Å². The lowest BCUT2D eigenvalue weighted by Crippen LogP contribution is -2.54. The minimum Gasteiger partial charge on any atom is -0.328 e. The van der Waals surface area contributed by atoms with Crippen molar-refractivity contribution in [2.45, 2.75) is 104 Å². The zero-order valence-corrected chi connectivity index (χ0v) is 23.1. The fourth-order valence-corrected chi connectivity index (χ4v) is 5.94. The highest BCUT2D eigenvalue weighted by molar-refractivity contribution is 5.89. The summed E-state index contributed by atoms with van der Waals surface area (Å²) in [5.74, 6) is 1.15. The van der Waals surface area contributed by atoms with Gasteiger partial charge in [-0.05, 0) is 85.6 Å². The van der Waals surface area contributed by atoms with Crippen LogP contribution >= 0.6 is 0 Å². The molecule has 3 heteroatoms. The van der Waals surface area contributed by atoms with E-state index in [-0.39, 0.29) is 11.0 Å². The Morgan fingerprint density at radius 1 is 1.09 bits per heavy atom. The first-order chi connectivity index (χ1) is 15.9. The molecule has 0 N–H and O–H groups in total. The van der Waals surface area contributed by atoms with Gasteiger partial charge in [0.2, 0.25) is 0 Å². The van der Waals surface area contributed by atoms with Crippen LogP contribution in [0.4, 0.5) is 0 Å². The summed E-state index contributed by atoms with van der Waals surface area (Å²) in [7, 11) is 2.23. The average Bonchev–Trinajstić information content (AvgIpc) is 2.76. The molecule has 186 valence electrons. The Labute approximate surface area is 209 Å². The van der Waals surface area contributed by atoms with Gasteiger partial charge < -0.3 is 4.90 Å². The van der Waals surface area contributed by atoms with E-state index in [1.165, 1.54) is 48.8 Å². The molecule has 3 nitrogen and oxygen atoms in total. The zero-order chi connectivity index (χ0) is 25.3. The van der Waals surface area contributed by atoms with Crippen molar-refractivity contribution in [3.8, 4) is 0 Å². The molecule has 0 aromatic heterocycles. The van der Waals surface area contributed by atoms with Crippen LogP contribution in [0, 0.1) is 13.8 Å². The number of benzene rings is 1. The first-order valence-corrected chi connectivity index (χ1v) is 13.1. The summed E-state index contributed by atoms with van der Waals surface area (Å²) in [5.41, 5.74) is 7.46. The molecule has 1 aliphatic heterocycles. The highest BCUT2D eigenvalue weighted by atomic mass is 15.3. The summed E-state index contributed by atoms with van der Waals surface area (Å²) in [6.07, 6.45) is 9.29. The van der Waals surface area contributed by atoms with E-state index in [1.807, 2.05) is 6.08 Å². The van der Waals surface area contributed by atoms with Crippen molar-refractivity contribution in [2.75, 3.05) is 13.6 Å². The summed E-state index contributed by atoms with van der Waals surface area (Å²) in [6, 6.07) is 7.60. The van der Waals surface area contributed by atoms with Gasteiger partial charge in [-0.15, -0.1) is 0 Å². The van der Waals surface area contributed by atoms with Gasteiger partial charge in [-0.3, -0.25) is 4.90 Å². The maximum absolute atomic E-state index is 5.16. The molecule has 0 amide bonds. The molecule has 0 saturated heterocycles. The van der Waals surface area contributed by atoms with Gasteiger partial charge in [0, 0.05) is 35.7 Å². The van der Waals surface area contributed by atoms with Crippen molar-refractivity contribution in [3.05, 3.63) is 71.1 Å². The normalized spacial score (nSPS) is 19.2. The highest BCUT2D eigenvalue weighted by Gasteiger charge is 2.40. The molecular formula is C31H47N3. The third-order valence-corrected chi connectivity index (χ3v) is 8.29. The maximum atomic E-state index is 5.16. The smallest absolute Gasteiger partial charge is 0.110 e. The van der Waals surface area contributed by atoms with Gasteiger partial charge in [-0.1, -0.05) is 61.7 Å². The van der Waals surface area contributed by atoms with Crippen molar-refractivity contribution >= 4 is 5.84 Å². The number of aryl methyl sites for hydroxylation is 2. The molecule has 34 heavy (non-hydrogen) atoms. The Bertz CT molecular complexity index is 966. The topological polar surface area (TPSA) is 18.8 Å². The van der Waals surface area contributed by atoms with Crippen LogP contribution in [0.15, 0.2) is 59.4 Å². The van der Waals surface area contributed by atoms with E-state index in [2.05, 4.69) is 96.7 Å². The van der Waals surface area contributed by atoms with Crippen molar-refractivity contribution in [3.63, 3.8) is 0 Å². The van der Waals surface area contributed by atoms with Crippen LogP contribution in [0.1, 0.15) is 89.8 Å². The van der Waals surface area contributed by atoms with Crippen LogP contribution in [0.2, 0.25) is 0 Å². The summed E-state index contributed by atoms with van der Waals surface area (Å²) in [4.78, 5) is 10.1. The van der Waals surface area contributed by atoms with Crippen molar-refractivity contribution in [2.24, 2.45) is 4.99 Å². The molecular weight excluding hydrogens is 414 g/mol. The number of nitrogens with zero attached hydrogens (tertiary/aromatic N) is 3. The van der Waals surface area contributed by atoms with Gasteiger partial charge in [0.15, 0.2) is 0 Å². The summed E-state index contributed by atoms with van der Waals surface area (Å²) in [5, 5.41) is 0. The van der Waals surface area contributed by atoms with Crippen LogP contribution in [0.3, 0.4) is 0 Å². The van der Waals surface area contributed by atoms with E-state index in [1.54, 1.807) is 0 Å². The molecule has 1 aromatic carbocycles. The molecule has 1 saturated carbocycles. The number of likely N-dealkylation sites (N-methyl/N-ethyl adjacent to an activating group) is 1. The first-order valence-electron chi connectivity index (χ1n) is 13.1. The van der Waals surface area contributed by atoms with Crippen LogP contribution in [0.25, 0.3) is 0 Å². The molecule has 2 aliphatic rings.